The molecule has 0 atom stereocenters. The number of rotatable bonds is 4. The zero-order valence-electron chi connectivity index (χ0n) is 8.32. The molecule has 0 saturated heterocycles. The molecule has 15 heavy (non-hydrogen) atoms. The molecule has 1 aromatic carbocycles. The van der Waals surface area contributed by atoms with Gasteiger partial charge in [-0.15, -0.1) is 0 Å². The predicted octanol–water partition coefficient (Wildman–Crippen LogP) is 3.67. The van der Waals surface area contributed by atoms with Crippen molar-refractivity contribution in [2.45, 2.75) is 12.8 Å². The molecule has 0 amide bonds. The van der Waals surface area contributed by atoms with E-state index in [4.69, 9.17) is 4.42 Å². The Hall–Kier alpha value is -1.09. The molecule has 0 aliphatic carbocycles. The Morgan fingerprint density at radius 2 is 2.00 bits per heavy atom. The van der Waals surface area contributed by atoms with Crippen LogP contribution in [0.1, 0.15) is 12.0 Å². The van der Waals surface area contributed by atoms with Crippen LogP contribution in [0, 0.1) is 0 Å². The zero-order chi connectivity index (χ0) is 10.5. The summed E-state index contributed by atoms with van der Waals surface area (Å²) in [5, 5.41) is 1.05. The van der Waals surface area contributed by atoms with Gasteiger partial charge in [-0.3, -0.25) is 0 Å². The molecule has 78 valence electrons. The molecule has 1 aromatic heterocycles. The van der Waals surface area contributed by atoms with Crippen LogP contribution in [-0.2, 0) is 6.42 Å². The first-order valence-electron chi connectivity index (χ1n) is 4.95. The van der Waals surface area contributed by atoms with Gasteiger partial charge in [-0.2, -0.15) is 0 Å². The van der Waals surface area contributed by atoms with Crippen LogP contribution in [0.5, 0.6) is 0 Å². The van der Waals surface area contributed by atoms with Crippen LogP contribution in [0.25, 0.3) is 11.5 Å². The molecular weight excluding hydrogens is 254 g/mol. The lowest BCUT2D eigenvalue weighted by atomic mass is 10.1. The average molecular weight is 266 g/mol. The minimum atomic E-state index is 0.682. The number of aromatic nitrogens is 1. The molecule has 0 unspecified atom stereocenters. The van der Waals surface area contributed by atoms with Gasteiger partial charge in [0.15, 0.2) is 0 Å². The van der Waals surface area contributed by atoms with Crippen molar-refractivity contribution in [2.24, 2.45) is 0 Å². The van der Waals surface area contributed by atoms with Gasteiger partial charge in [0.2, 0.25) is 5.89 Å². The quantitative estimate of drug-likeness (QED) is 0.789. The smallest absolute Gasteiger partial charge is 0.225 e. The standard InChI is InChI=1S/C12H12BrNO/c13-7-1-2-10-3-5-11(6-4-10)12-14-8-9-15-12/h3-6,8-9H,1-2,7H2. The Morgan fingerprint density at radius 3 is 2.60 bits per heavy atom. The summed E-state index contributed by atoms with van der Waals surface area (Å²) in [6.07, 6.45) is 5.53. The number of aryl methyl sites for hydroxylation is 1. The maximum absolute atomic E-state index is 5.22. The van der Waals surface area contributed by atoms with Crippen LogP contribution < -0.4 is 0 Å². The van der Waals surface area contributed by atoms with E-state index in [0.717, 1.165) is 17.3 Å². The highest BCUT2D eigenvalue weighted by Crippen LogP contribution is 2.17. The first-order chi connectivity index (χ1) is 7.40. The molecule has 0 bridgehead atoms. The summed E-state index contributed by atoms with van der Waals surface area (Å²) in [4.78, 5) is 4.10. The van der Waals surface area contributed by atoms with Crippen LogP contribution >= 0.6 is 15.9 Å². The first kappa shape index (κ1) is 10.4. The molecule has 2 nitrogen and oxygen atoms in total. The lowest BCUT2D eigenvalue weighted by molar-refractivity contribution is 0.574. The van der Waals surface area contributed by atoms with Gasteiger partial charge in [0.25, 0.3) is 0 Å². The van der Waals surface area contributed by atoms with E-state index in [2.05, 4.69) is 45.2 Å². The third-order valence-electron chi connectivity index (χ3n) is 2.23. The van der Waals surface area contributed by atoms with E-state index < -0.39 is 0 Å². The Labute approximate surface area is 97.5 Å². The number of halogens is 1. The van der Waals surface area contributed by atoms with Crippen molar-refractivity contribution >= 4 is 15.9 Å². The van der Waals surface area contributed by atoms with Gasteiger partial charge in [0, 0.05) is 10.9 Å². The fraction of sp³-hybridized carbons (Fsp3) is 0.250. The average Bonchev–Trinajstić information content (AvgIpc) is 2.80. The molecule has 2 rings (SSSR count). The molecular formula is C12H12BrNO. The zero-order valence-corrected chi connectivity index (χ0v) is 9.90. The third kappa shape index (κ3) is 2.69. The molecule has 0 N–H and O–H groups in total. The molecule has 0 aliphatic rings. The largest absolute Gasteiger partial charge is 0.445 e. The van der Waals surface area contributed by atoms with E-state index in [1.807, 2.05) is 0 Å². The van der Waals surface area contributed by atoms with Gasteiger partial charge >= 0.3 is 0 Å². The summed E-state index contributed by atoms with van der Waals surface area (Å²) in [6.45, 7) is 0. The summed E-state index contributed by atoms with van der Waals surface area (Å²) in [7, 11) is 0. The minimum Gasteiger partial charge on any atom is -0.445 e. The lowest BCUT2D eigenvalue weighted by Crippen LogP contribution is -1.86. The second kappa shape index (κ2) is 5.12. The number of hydrogen-bond donors (Lipinski definition) is 0. The van der Waals surface area contributed by atoms with Gasteiger partial charge in [-0.05, 0) is 30.5 Å². The number of oxazole rings is 1. The van der Waals surface area contributed by atoms with Crippen LogP contribution in [0.15, 0.2) is 41.1 Å². The van der Waals surface area contributed by atoms with E-state index in [1.165, 1.54) is 12.0 Å². The summed E-state index contributed by atoms with van der Waals surface area (Å²) in [6, 6.07) is 8.36. The Bertz CT molecular complexity index is 394. The Balaban J connectivity index is 2.11. The van der Waals surface area contributed by atoms with Crippen molar-refractivity contribution in [3.63, 3.8) is 0 Å². The van der Waals surface area contributed by atoms with Crippen molar-refractivity contribution < 1.29 is 4.42 Å². The highest BCUT2D eigenvalue weighted by atomic mass is 79.9. The highest BCUT2D eigenvalue weighted by molar-refractivity contribution is 9.09. The number of alkyl halides is 1. The molecule has 3 heteroatoms. The van der Waals surface area contributed by atoms with Gasteiger partial charge in [0.05, 0.1) is 6.20 Å². The molecule has 0 aliphatic heterocycles. The van der Waals surface area contributed by atoms with Crippen molar-refractivity contribution in [3.05, 3.63) is 42.3 Å². The van der Waals surface area contributed by atoms with Crippen LogP contribution in [-0.4, -0.2) is 10.3 Å². The van der Waals surface area contributed by atoms with Crippen molar-refractivity contribution in [3.8, 4) is 11.5 Å². The minimum absolute atomic E-state index is 0.682. The fourth-order valence-corrected chi connectivity index (χ4v) is 1.73. The van der Waals surface area contributed by atoms with Crippen molar-refractivity contribution in [1.82, 2.24) is 4.98 Å². The summed E-state index contributed by atoms with van der Waals surface area (Å²) in [5.41, 5.74) is 2.38. The molecule has 0 radical (unpaired) electrons. The lowest BCUT2D eigenvalue weighted by Gasteiger charge is -2.00. The maximum atomic E-state index is 5.22. The Morgan fingerprint density at radius 1 is 1.20 bits per heavy atom. The van der Waals surface area contributed by atoms with Gasteiger partial charge < -0.3 is 4.42 Å². The van der Waals surface area contributed by atoms with E-state index in [1.54, 1.807) is 12.5 Å². The van der Waals surface area contributed by atoms with E-state index >= 15 is 0 Å². The predicted molar refractivity (Wildman–Crippen MR) is 64.1 cm³/mol. The van der Waals surface area contributed by atoms with Crippen molar-refractivity contribution in [1.29, 1.82) is 0 Å². The van der Waals surface area contributed by atoms with Gasteiger partial charge in [-0.1, -0.05) is 28.1 Å². The molecule has 0 saturated carbocycles. The topological polar surface area (TPSA) is 26.0 Å². The van der Waals surface area contributed by atoms with Crippen LogP contribution in [0.3, 0.4) is 0 Å². The summed E-state index contributed by atoms with van der Waals surface area (Å²) < 4.78 is 5.22. The van der Waals surface area contributed by atoms with Gasteiger partial charge in [-0.25, -0.2) is 4.98 Å². The second-order valence-electron chi connectivity index (χ2n) is 3.33. The van der Waals surface area contributed by atoms with Crippen LogP contribution in [0.2, 0.25) is 0 Å². The van der Waals surface area contributed by atoms with Crippen molar-refractivity contribution in [2.75, 3.05) is 5.33 Å². The SMILES string of the molecule is BrCCCc1ccc(-c2ncco2)cc1. The van der Waals surface area contributed by atoms with Gasteiger partial charge in [0.1, 0.15) is 6.26 Å². The molecule has 0 fully saturated rings. The third-order valence-corrected chi connectivity index (χ3v) is 2.79. The van der Waals surface area contributed by atoms with E-state index in [9.17, 15) is 0 Å². The highest BCUT2D eigenvalue weighted by Gasteiger charge is 2.01. The van der Waals surface area contributed by atoms with Crippen LogP contribution in [0.4, 0.5) is 0 Å². The number of nitrogens with zero attached hydrogens (tertiary/aromatic N) is 1. The number of benzene rings is 1. The normalized spacial score (nSPS) is 10.5. The summed E-state index contributed by atoms with van der Waals surface area (Å²) >= 11 is 3.43. The molecule has 2 aromatic rings. The Kier molecular flexibility index (Phi) is 3.56. The van der Waals surface area contributed by atoms with E-state index in [-0.39, 0.29) is 0 Å². The number of hydrogen-bond acceptors (Lipinski definition) is 2. The summed E-state index contributed by atoms with van der Waals surface area (Å²) in [5.74, 6) is 0.682. The fourth-order valence-electron chi connectivity index (χ4n) is 1.45. The van der Waals surface area contributed by atoms with E-state index in [0.29, 0.717) is 5.89 Å². The monoisotopic (exact) mass is 265 g/mol. The molecule has 0 spiro atoms. The second-order valence-corrected chi connectivity index (χ2v) is 4.12. The first-order valence-corrected chi connectivity index (χ1v) is 6.07. The molecule has 1 heterocycles. The maximum Gasteiger partial charge on any atom is 0.225 e.